The highest BCUT2D eigenvalue weighted by Gasteiger charge is 2.26. The molecule has 9 nitrogen and oxygen atoms in total. The molecule has 4 amide bonds. The molecule has 1 aromatic carbocycles. The van der Waals surface area contributed by atoms with Crippen LogP contribution in [-0.2, 0) is 9.84 Å². The van der Waals surface area contributed by atoms with Crippen molar-refractivity contribution in [3.05, 3.63) is 45.6 Å². The van der Waals surface area contributed by atoms with Crippen LogP contribution in [0.5, 0.6) is 0 Å². The molecule has 0 aliphatic carbocycles. The van der Waals surface area contributed by atoms with Crippen LogP contribution in [0.2, 0.25) is 0 Å². The second kappa shape index (κ2) is 9.70. The molecule has 3 rings (SSSR count). The van der Waals surface area contributed by atoms with E-state index >= 15 is 0 Å². The van der Waals surface area contributed by atoms with Gasteiger partial charge in [-0.15, -0.1) is 11.3 Å². The number of amides is 4. The van der Waals surface area contributed by atoms with Crippen LogP contribution in [0.25, 0.3) is 0 Å². The average molecular weight is 479 g/mol. The van der Waals surface area contributed by atoms with Crippen LogP contribution in [-0.4, -0.2) is 75.0 Å². The molecular formula is C21H26N4O5S2. The van der Waals surface area contributed by atoms with Gasteiger partial charge in [0, 0.05) is 49.4 Å². The highest BCUT2D eigenvalue weighted by Crippen LogP contribution is 2.26. The molecule has 32 heavy (non-hydrogen) atoms. The minimum atomic E-state index is -3.41. The molecule has 0 atom stereocenters. The van der Waals surface area contributed by atoms with E-state index in [1.54, 1.807) is 28.0 Å². The lowest BCUT2D eigenvalue weighted by molar-refractivity contribution is 0.0671. The molecule has 0 bridgehead atoms. The topological polar surface area (TPSA) is 116 Å². The predicted molar refractivity (Wildman–Crippen MR) is 123 cm³/mol. The van der Waals surface area contributed by atoms with Crippen LogP contribution in [0.15, 0.2) is 35.2 Å². The predicted octanol–water partition coefficient (Wildman–Crippen LogP) is 2.20. The van der Waals surface area contributed by atoms with Gasteiger partial charge >= 0.3 is 6.03 Å². The summed E-state index contributed by atoms with van der Waals surface area (Å²) in [6, 6.07) is 7.34. The summed E-state index contributed by atoms with van der Waals surface area (Å²) in [4.78, 5) is 42.1. The molecule has 1 saturated heterocycles. The number of sulfone groups is 1. The highest BCUT2D eigenvalue weighted by molar-refractivity contribution is 7.90. The highest BCUT2D eigenvalue weighted by atomic mass is 32.2. The minimum absolute atomic E-state index is 0.0967. The van der Waals surface area contributed by atoms with Crippen molar-refractivity contribution in [2.45, 2.75) is 18.7 Å². The normalized spacial score (nSPS) is 14.2. The van der Waals surface area contributed by atoms with Gasteiger partial charge in [0.25, 0.3) is 11.8 Å². The first-order chi connectivity index (χ1) is 15.1. The Balaban J connectivity index is 1.59. The van der Waals surface area contributed by atoms with E-state index in [4.69, 9.17) is 0 Å². The zero-order valence-electron chi connectivity index (χ0n) is 18.2. The number of nitrogens with one attached hydrogen (secondary N) is 2. The first-order valence-corrected chi connectivity index (χ1v) is 12.8. The molecule has 2 heterocycles. The molecule has 1 aliphatic rings. The Hall–Kier alpha value is -2.92. The second-order valence-corrected chi connectivity index (χ2v) is 10.7. The number of piperazine rings is 1. The summed E-state index contributed by atoms with van der Waals surface area (Å²) >= 11 is 1.31. The average Bonchev–Trinajstić information content (AvgIpc) is 3.13. The Morgan fingerprint density at radius 3 is 2.34 bits per heavy atom. The van der Waals surface area contributed by atoms with Gasteiger partial charge in [-0.25, -0.2) is 13.2 Å². The number of hydrogen-bond donors (Lipinski definition) is 2. The molecule has 1 aliphatic heterocycles. The quantitative estimate of drug-likeness (QED) is 0.684. The van der Waals surface area contributed by atoms with Crippen molar-refractivity contribution in [2.24, 2.45) is 0 Å². The fraction of sp³-hybridized carbons (Fsp3) is 0.381. The van der Waals surface area contributed by atoms with Gasteiger partial charge in [0.15, 0.2) is 9.84 Å². The lowest BCUT2D eigenvalue weighted by Gasteiger charge is -2.34. The second-order valence-electron chi connectivity index (χ2n) is 7.45. The van der Waals surface area contributed by atoms with Gasteiger partial charge in [0.1, 0.15) is 0 Å². The molecule has 1 fully saturated rings. The zero-order valence-corrected chi connectivity index (χ0v) is 19.8. The van der Waals surface area contributed by atoms with Crippen LogP contribution in [0.3, 0.4) is 0 Å². The lowest BCUT2D eigenvalue weighted by atomic mass is 10.2. The fourth-order valence-electron chi connectivity index (χ4n) is 3.32. The molecule has 0 radical (unpaired) electrons. The number of urea groups is 1. The van der Waals surface area contributed by atoms with E-state index in [1.807, 2.05) is 13.8 Å². The molecular weight excluding hydrogens is 452 g/mol. The Labute approximate surface area is 191 Å². The van der Waals surface area contributed by atoms with Gasteiger partial charge in [-0.05, 0) is 38.1 Å². The van der Waals surface area contributed by atoms with Crippen molar-refractivity contribution >= 4 is 44.7 Å². The van der Waals surface area contributed by atoms with Gasteiger partial charge in [-0.3, -0.25) is 9.59 Å². The van der Waals surface area contributed by atoms with E-state index in [-0.39, 0.29) is 22.7 Å². The third kappa shape index (κ3) is 5.46. The lowest BCUT2D eigenvalue weighted by Crippen LogP contribution is -2.51. The molecule has 1 aromatic heterocycles. The number of benzene rings is 1. The van der Waals surface area contributed by atoms with Crippen molar-refractivity contribution in [3.63, 3.8) is 0 Å². The van der Waals surface area contributed by atoms with E-state index in [0.717, 1.165) is 11.1 Å². The van der Waals surface area contributed by atoms with Crippen LogP contribution < -0.4 is 10.6 Å². The molecule has 11 heteroatoms. The van der Waals surface area contributed by atoms with Crippen LogP contribution in [0.1, 0.15) is 31.8 Å². The Morgan fingerprint density at radius 2 is 1.72 bits per heavy atom. The first-order valence-electron chi connectivity index (χ1n) is 10.1. The number of carbonyl (C=O) groups is 3. The van der Waals surface area contributed by atoms with E-state index in [9.17, 15) is 22.8 Å². The summed E-state index contributed by atoms with van der Waals surface area (Å²) in [5, 5.41) is 5.58. The number of hydrogen-bond acceptors (Lipinski definition) is 6. The molecule has 0 spiro atoms. The van der Waals surface area contributed by atoms with Crippen LogP contribution in [0.4, 0.5) is 10.5 Å². The molecule has 0 saturated carbocycles. The largest absolute Gasteiger partial charge is 0.352 e. The van der Waals surface area contributed by atoms with E-state index in [0.29, 0.717) is 48.9 Å². The van der Waals surface area contributed by atoms with Crippen molar-refractivity contribution in [2.75, 3.05) is 44.3 Å². The summed E-state index contributed by atoms with van der Waals surface area (Å²) in [6.45, 7) is 5.56. The smallest absolute Gasteiger partial charge is 0.321 e. The van der Waals surface area contributed by atoms with Crippen LogP contribution >= 0.6 is 11.3 Å². The fourth-order valence-corrected chi connectivity index (χ4v) is 4.87. The maximum Gasteiger partial charge on any atom is 0.321 e. The summed E-state index contributed by atoms with van der Waals surface area (Å²) in [7, 11) is -3.41. The molecule has 2 N–H and O–H groups in total. The van der Waals surface area contributed by atoms with Gasteiger partial charge < -0.3 is 20.4 Å². The summed E-state index contributed by atoms with van der Waals surface area (Å²) in [5.41, 5.74) is 0.898. The van der Waals surface area contributed by atoms with Crippen molar-refractivity contribution in [1.29, 1.82) is 0 Å². The molecule has 2 aromatic rings. The van der Waals surface area contributed by atoms with Gasteiger partial charge in [-0.1, -0.05) is 6.07 Å². The maximum absolute atomic E-state index is 12.8. The Morgan fingerprint density at radius 1 is 1.06 bits per heavy atom. The molecule has 0 unspecified atom stereocenters. The number of thiophene rings is 1. The number of nitrogens with zero attached hydrogens (tertiary/aromatic N) is 2. The summed E-state index contributed by atoms with van der Waals surface area (Å²) in [5.74, 6) is -0.441. The summed E-state index contributed by atoms with van der Waals surface area (Å²) in [6.07, 6.45) is 1.10. The summed E-state index contributed by atoms with van der Waals surface area (Å²) < 4.78 is 23.5. The Kier molecular flexibility index (Phi) is 7.19. The SMILES string of the molecule is CCNC(=O)c1cc(NC(=O)N2CCN(C(=O)c3cccc(S(C)(=O)=O)c3)CC2)c(C)s1. The number of carbonyl (C=O) groups excluding carboxylic acids is 3. The van der Waals surface area contributed by atoms with E-state index in [1.165, 1.54) is 23.5 Å². The van der Waals surface area contributed by atoms with E-state index < -0.39 is 9.84 Å². The van der Waals surface area contributed by atoms with Crippen molar-refractivity contribution in [1.82, 2.24) is 15.1 Å². The number of aryl methyl sites for hydroxylation is 1. The zero-order chi connectivity index (χ0) is 23.5. The molecule has 172 valence electrons. The maximum atomic E-state index is 12.8. The van der Waals surface area contributed by atoms with Crippen molar-refractivity contribution < 1.29 is 22.8 Å². The third-order valence-corrected chi connectivity index (χ3v) is 7.24. The van der Waals surface area contributed by atoms with Gasteiger partial charge in [0.2, 0.25) is 0 Å². The third-order valence-electron chi connectivity index (χ3n) is 5.08. The number of rotatable bonds is 5. The van der Waals surface area contributed by atoms with Crippen molar-refractivity contribution in [3.8, 4) is 0 Å². The van der Waals surface area contributed by atoms with Crippen LogP contribution in [0, 0.1) is 6.92 Å². The van der Waals surface area contributed by atoms with Gasteiger partial charge in [-0.2, -0.15) is 0 Å². The number of anilines is 1. The van der Waals surface area contributed by atoms with E-state index in [2.05, 4.69) is 10.6 Å². The first kappa shape index (κ1) is 23.7. The van der Waals surface area contributed by atoms with Gasteiger partial charge in [0.05, 0.1) is 15.5 Å². The monoisotopic (exact) mass is 478 g/mol. The Bertz CT molecular complexity index is 1130. The minimum Gasteiger partial charge on any atom is -0.352 e. The standard InChI is InChI=1S/C21H26N4O5S2/c1-4-22-19(26)18-13-17(14(2)31-18)23-21(28)25-10-8-24(9-11-25)20(27)15-6-5-7-16(12-15)32(3,29)30/h5-7,12-13H,4,8-11H2,1-3H3,(H,22,26)(H,23,28).